The number of nitrogens with two attached hydrogens (primary N) is 1. The summed E-state index contributed by atoms with van der Waals surface area (Å²) in [6, 6.07) is 8.19. The fourth-order valence-electron chi connectivity index (χ4n) is 1.39. The van der Waals surface area contributed by atoms with Crippen molar-refractivity contribution in [1.82, 2.24) is 3.53 Å². The molecule has 14 heavy (non-hydrogen) atoms. The van der Waals surface area contributed by atoms with Crippen molar-refractivity contribution < 1.29 is 4.74 Å². The summed E-state index contributed by atoms with van der Waals surface area (Å²) in [5.74, 6) is 0. The van der Waals surface area contributed by atoms with Crippen LogP contribution >= 0.6 is 20.1 Å². The Morgan fingerprint density at radius 1 is 1.43 bits per heavy atom. The third-order valence-electron chi connectivity index (χ3n) is 2.31. The van der Waals surface area contributed by atoms with Gasteiger partial charge in [-0.05, 0) is 0 Å². The zero-order chi connectivity index (χ0) is 9.97. The molecule has 0 aliphatic carbocycles. The van der Waals surface area contributed by atoms with Crippen LogP contribution in [0.25, 0.3) is 0 Å². The second kappa shape index (κ2) is 4.46. The van der Waals surface area contributed by atoms with Gasteiger partial charge in [0, 0.05) is 0 Å². The van der Waals surface area contributed by atoms with E-state index in [1.165, 1.54) is 5.56 Å². The SMILES string of the molecule is C[C@@H](c1ccc(N)cc1)I1COCN1. The number of anilines is 1. The van der Waals surface area contributed by atoms with Crippen LogP contribution in [0.2, 0.25) is 0 Å². The van der Waals surface area contributed by atoms with Gasteiger partial charge >= 0.3 is 91.8 Å². The van der Waals surface area contributed by atoms with Gasteiger partial charge in [0.05, 0.1) is 0 Å². The minimum atomic E-state index is -1.10. The molecule has 3 N–H and O–H groups in total. The molecular formula is C10H15IN2O. The second-order valence-corrected chi connectivity index (χ2v) is 8.79. The molecule has 1 atom stereocenters. The molecule has 0 spiro atoms. The third-order valence-corrected chi connectivity index (χ3v) is 7.69. The van der Waals surface area contributed by atoms with Gasteiger partial charge in [0.2, 0.25) is 0 Å². The normalized spacial score (nSPS) is 21.1. The zero-order valence-electron chi connectivity index (χ0n) is 8.16. The fraction of sp³-hybridized carbons (Fsp3) is 0.400. The van der Waals surface area contributed by atoms with Crippen molar-refractivity contribution in [2.75, 3.05) is 17.1 Å². The van der Waals surface area contributed by atoms with Crippen molar-refractivity contribution in [2.45, 2.75) is 10.8 Å². The Kier molecular flexibility index (Phi) is 3.25. The van der Waals surface area contributed by atoms with E-state index in [1.54, 1.807) is 0 Å². The first-order valence-electron chi connectivity index (χ1n) is 4.58. The van der Waals surface area contributed by atoms with Gasteiger partial charge < -0.3 is 0 Å². The Balaban J connectivity index is 2.09. The van der Waals surface area contributed by atoms with E-state index >= 15 is 0 Å². The number of halogens is 1. The molecule has 0 bridgehead atoms. The van der Waals surface area contributed by atoms with Gasteiger partial charge in [-0.25, -0.2) is 0 Å². The molecule has 0 unspecified atom stereocenters. The van der Waals surface area contributed by atoms with Gasteiger partial charge in [0.25, 0.3) is 0 Å². The van der Waals surface area contributed by atoms with E-state index in [0.29, 0.717) is 3.92 Å². The summed E-state index contributed by atoms with van der Waals surface area (Å²) in [5.41, 5.74) is 7.86. The topological polar surface area (TPSA) is 47.3 Å². The monoisotopic (exact) mass is 306 g/mol. The molecule has 0 aromatic heterocycles. The Hall–Kier alpha value is -0.330. The average molecular weight is 306 g/mol. The van der Waals surface area contributed by atoms with E-state index in [9.17, 15) is 0 Å². The van der Waals surface area contributed by atoms with Crippen LogP contribution in [0.1, 0.15) is 16.4 Å². The van der Waals surface area contributed by atoms with E-state index in [4.69, 9.17) is 10.5 Å². The summed E-state index contributed by atoms with van der Waals surface area (Å²) in [5, 5.41) is 0. The van der Waals surface area contributed by atoms with Crippen molar-refractivity contribution in [3.05, 3.63) is 29.8 Å². The first-order valence-corrected chi connectivity index (χ1v) is 8.43. The number of ether oxygens (including phenoxy) is 1. The van der Waals surface area contributed by atoms with E-state index in [1.807, 2.05) is 12.1 Å². The molecule has 1 aromatic rings. The molecule has 0 radical (unpaired) electrons. The van der Waals surface area contributed by atoms with Gasteiger partial charge in [0.15, 0.2) is 0 Å². The van der Waals surface area contributed by atoms with E-state index in [0.717, 1.165) is 17.0 Å². The molecule has 0 saturated carbocycles. The maximum atomic E-state index is 5.65. The van der Waals surface area contributed by atoms with Crippen molar-refractivity contribution in [3.63, 3.8) is 0 Å². The molecule has 1 aromatic carbocycles. The first-order chi connectivity index (χ1) is 6.77. The van der Waals surface area contributed by atoms with Gasteiger partial charge in [0.1, 0.15) is 0 Å². The fourth-order valence-corrected chi connectivity index (χ4v) is 5.41. The molecule has 4 heteroatoms. The van der Waals surface area contributed by atoms with Crippen LogP contribution < -0.4 is 9.26 Å². The molecule has 3 nitrogen and oxygen atoms in total. The molecule has 1 heterocycles. The molecule has 1 saturated heterocycles. The van der Waals surface area contributed by atoms with Gasteiger partial charge in [-0.3, -0.25) is 0 Å². The number of rotatable bonds is 2. The first kappa shape index (κ1) is 10.2. The Bertz CT molecular complexity index is 295. The summed E-state index contributed by atoms with van der Waals surface area (Å²) >= 11 is -1.10. The van der Waals surface area contributed by atoms with Crippen LogP contribution in [0.3, 0.4) is 0 Å². The van der Waals surface area contributed by atoms with Gasteiger partial charge in [-0.1, -0.05) is 0 Å². The molecular weight excluding hydrogens is 291 g/mol. The molecule has 1 fully saturated rings. The van der Waals surface area contributed by atoms with Crippen molar-refractivity contribution in [2.24, 2.45) is 0 Å². The maximum absolute atomic E-state index is 5.65. The number of benzene rings is 1. The van der Waals surface area contributed by atoms with Crippen LogP contribution in [0.4, 0.5) is 5.69 Å². The van der Waals surface area contributed by atoms with Gasteiger partial charge in [-0.15, -0.1) is 0 Å². The van der Waals surface area contributed by atoms with Crippen molar-refractivity contribution >= 4 is 25.8 Å². The zero-order valence-corrected chi connectivity index (χ0v) is 10.3. The van der Waals surface area contributed by atoms with Crippen LogP contribution in [-0.4, -0.2) is 11.3 Å². The van der Waals surface area contributed by atoms with Crippen LogP contribution in [0.15, 0.2) is 24.3 Å². The minimum absolute atomic E-state index is 0.627. The number of hydrogen-bond acceptors (Lipinski definition) is 3. The van der Waals surface area contributed by atoms with E-state index < -0.39 is 20.1 Å². The molecule has 0 amide bonds. The molecule has 2 rings (SSSR count). The predicted molar refractivity (Wildman–Crippen MR) is 67.2 cm³/mol. The Morgan fingerprint density at radius 2 is 2.14 bits per heavy atom. The summed E-state index contributed by atoms with van der Waals surface area (Å²) < 4.78 is 10.4. The summed E-state index contributed by atoms with van der Waals surface area (Å²) in [6.07, 6.45) is 0. The molecule has 78 valence electrons. The average Bonchev–Trinajstić information content (AvgIpc) is 2.71. The van der Waals surface area contributed by atoms with Crippen molar-refractivity contribution in [1.29, 1.82) is 0 Å². The quantitative estimate of drug-likeness (QED) is 0.381. The van der Waals surface area contributed by atoms with Gasteiger partial charge in [-0.2, -0.15) is 0 Å². The predicted octanol–water partition coefficient (Wildman–Crippen LogP) is 2.29. The van der Waals surface area contributed by atoms with E-state index in [2.05, 4.69) is 22.6 Å². The standard InChI is InChI=1S/C10H15IN2O/c1-8(11-6-14-7-13-11)9-2-4-10(12)5-3-9/h2-5,8,13H,6-7,12H2,1H3/t8-/m0/s1. The number of nitrogen functional groups attached to an aromatic ring is 1. The number of nitrogens with one attached hydrogen (secondary N) is 1. The number of alkyl halides is 2. The van der Waals surface area contributed by atoms with Crippen LogP contribution in [0.5, 0.6) is 0 Å². The van der Waals surface area contributed by atoms with Crippen molar-refractivity contribution in [3.8, 4) is 0 Å². The Labute approximate surface area is 91.8 Å². The Morgan fingerprint density at radius 3 is 2.71 bits per heavy atom. The number of hydrogen-bond donors (Lipinski definition) is 2. The summed E-state index contributed by atoms with van der Waals surface area (Å²) in [7, 11) is 0. The molecule has 1 aliphatic rings. The summed E-state index contributed by atoms with van der Waals surface area (Å²) in [4.78, 5) is 0. The summed E-state index contributed by atoms with van der Waals surface area (Å²) in [6.45, 7) is 3.02. The van der Waals surface area contributed by atoms with E-state index in [-0.39, 0.29) is 0 Å². The third kappa shape index (κ3) is 2.18. The van der Waals surface area contributed by atoms with Crippen LogP contribution in [0, 0.1) is 0 Å². The molecule has 1 aliphatic heterocycles. The van der Waals surface area contributed by atoms with Crippen LogP contribution in [-0.2, 0) is 4.74 Å². The second-order valence-electron chi connectivity index (χ2n) is 3.27.